The summed E-state index contributed by atoms with van der Waals surface area (Å²) in [5.41, 5.74) is 2.21. The molecular weight excluding hydrogens is 557 g/mol. The SMILES string of the molecule is Cn1c(=O)n(C2CC3(CCCCCCCCC3)C(C(F)(F)F)NN2)c2cc(S(=O)(=O)NC3(CF)CC3)c(F)cc21. The number of alkyl halides is 4. The van der Waals surface area contributed by atoms with Gasteiger partial charge in [-0.05, 0) is 43.6 Å². The predicted octanol–water partition coefficient (Wildman–Crippen LogP) is 4.70. The third-order valence-corrected chi connectivity index (χ3v) is 10.6. The van der Waals surface area contributed by atoms with Gasteiger partial charge in [0.2, 0.25) is 10.0 Å². The van der Waals surface area contributed by atoms with Gasteiger partial charge in [0.15, 0.2) is 0 Å². The monoisotopic (exact) mass is 593 g/mol. The van der Waals surface area contributed by atoms with Crippen molar-refractivity contribution < 1.29 is 30.4 Å². The summed E-state index contributed by atoms with van der Waals surface area (Å²) in [4.78, 5) is 12.7. The average Bonchev–Trinajstić information content (AvgIpc) is 3.61. The number of rotatable bonds is 5. The summed E-state index contributed by atoms with van der Waals surface area (Å²) in [5.74, 6) is -1.11. The molecule has 14 heteroatoms. The normalized spacial score (nSPS) is 25.8. The van der Waals surface area contributed by atoms with E-state index in [0.29, 0.717) is 25.7 Å². The smallest absolute Gasteiger partial charge is 0.295 e. The van der Waals surface area contributed by atoms with Crippen molar-refractivity contribution in [1.29, 1.82) is 0 Å². The number of aryl methyl sites for hydroxylation is 1. The Balaban J connectivity index is 1.57. The van der Waals surface area contributed by atoms with Gasteiger partial charge in [0, 0.05) is 13.1 Å². The molecule has 2 heterocycles. The number of nitrogens with one attached hydrogen (secondary N) is 3. The van der Waals surface area contributed by atoms with Gasteiger partial charge in [-0.2, -0.15) is 13.2 Å². The first-order valence-electron chi connectivity index (χ1n) is 13.9. The molecule has 5 rings (SSSR count). The molecule has 0 radical (unpaired) electrons. The maximum atomic E-state index is 15.1. The molecule has 1 aromatic heterocycles. The van der Waals surface area contributed by atoms with Gasteiger partial charge < -0.3 is 0 Å². The van der Waals surface area contributed by atoms with Crippen LogP contribution in [0.2, 0.25) is 0 Å². The molecule has 3 aliphatic rings. The second kappa shape index (κ2) is 10.7. The number of fused-ring (bicyclic) bond motifs is 1. The van der Waals surface area contributed by atoms with Gasteiger partial charge in [-0.1, -0.05) is 44.9 Å². The number of hydrogen-bond acceptors (Lipinski definition) is 5. The lowest BCUT2D eigenvalue weighted by atomic mass is 9.67. The number of benzene rings is 1. The first kappa shape index (κ1) is 29.5. The summed E-state index contributed by atoms with van der Waals surface area (Å²) in [6, 6.07) is 0.111. The highest BCUT2D eigenvalue weighted by Gasteiger charge is 2.56. The Kier molecular flexibility index (Phi) is 7.86. The third kappa shape index (κ3) is 5.43. The molecule has 2 aliphatic carbocycles. The second-order valence-electron chi connectivity index (χ2n) is 11.8. The Hall–Kier alpha value is -2.03. The molecule has 1 saturated heterocycles. The first-order valence-corrected chi connectivity index (χ1v) is 15.4. The van der Waals surface area contributed by atoms with Crippen LogP contribution >= 0.6 is 0 Å². The van der Waals surface area contributed by atoms with Crippen molar-refractivity contribution in [3.05, 3.63) is 28.4 Å². The molecule has 2 aromatic rings. The number of imidazole rings is 1. The highest BCUT2D eigenvalue weighted by Crippen LogP contribution is 2.49. The van der Waals surface area contributed by atoms with E-state index in [2.05, 4.69) is 15.6 Å². The van der Waals surface area contributed by atoms with Crippen molar-refractivity contribution in [2.75, 3.05) is 6.67 Å². The maximum absolute atomic E-state index is 15.1. The Bertz CT molecular complexity index is 1410. The van der Waals surface area contributed by atoms with E-state index in [1.54, 1.807) is 0 Å². The molecular formula is C26H36F5N5O3S. The van der Waals surface area contributed by atoms with Crippen LogP contribution in [0.5, 0.6) is 0 Å². The minimum absolute atomic E-state index is 0.0220. The van der Waals surface area contributed by atoms with Crippen LogP contribution in [0.1, 0.15) is 83.2 Å². The fourth-order valence-corrected chi connectivity index (χ4v) is 8.07. The van der Waals surface area contributed by atoms with Crippen LogP contribution in [-0.4, -0.2) is 42.0 Å². The van der Waals surface area contributed by atoms with Crippen LogP contribution in [0.25, 0.3) is 11.0 Å². The fraction of sp³-hybridized carbons (Fsp3) is 0.731. The molecule has 3 N–H and O–H groups in total. The summed E-state index contributed by atoms with van der Waals surface area (Å²) >= 11 is 0. The van der Waals surface area contributed by atoms with E-state index in [4.69, 9.17) is 0 Å². The number of aromatic nitrogens is 2. The molecule has 2 saturated carbocycles. The summed E-state index contributed by atoms with van der Waals surface area (Å²) in [6.07, 6.45) is 1.60. The quantitative estimate of drug-likeness (QED) is 0.437. The molecule has 0 amide bonds. The van der Waals surface area contributed by atoms with E-state index in [1.807, 2.05) is 0 Å². The highest BCUT2D eigenvalue weighted by molar-refractivity contribution is 7.89. The van der Waals surface area contributed by atoms with Crippen molar-refractivity contribution in [2.45, 2.75) is 106 Å². The van der Waals surface area contributed by atoms with Crippen molar-refractivity contribution >= 4 is 21.1 Å². The van der Waals surface area contributed by atoms with Crippen LogP contribution in [0, 0.1) is 11.2 Å². The predicted molar refractivity (Wildman–Crippen MR) is 139 cm³/mol. The van der Waals surface area contributed by atoms with Gasteiger partial charge in [-0.15, -0.1) is 0 Å². The molecule has 40 heavy (non-hydrogen) atoms. The lowest BCUT2D eigenvalue weighted by Crippen LogP contribution is -2.65. The zero-order valence-corrected chi connectivity index (χ0v) is 23.2. The van der Waals surface area contributed by atoms with Gasteiger partial charge in [0.25, 0.3) is 0 Å². The highest BCUT2D eigenvalue weighted by atomic mass is 32.2. The Labute approximate surface area is 229 Å². The molecule has 2 unspecified atom stereocenters. The van der Waals surface area contributed by atoms with Gasteiger partial charge in [-0.3, -0.25) is 9.13 Å². The average molecular weight is 594 g/mol. The summed E-state index contributed by atoms with van der Waals surface area (Å²) < 4.78 is 102. The lowest BCUT2D eigenvalue weighted by Gasteiger charge is -2.49. The summed E-state index contributed by atoms with van der Waals surface area (Å²) in [7, 11) is -3.09. The second-order valence-corrected chi connectivity index (χ2v) is 13.5. The molecule has 224 valence electrons. The van der Waals surface area contributed by atoms with Crippen molar-refractivity contribution in [1.82, 2.24) is 24.7 Å². The molecule has 0 bridgehead atoms. The molecule has 3 fully saturated rings. The minimum Gasteiger partial charge on any atom is -0.295 e. The van der Waals surface area contributed by atoms with Crippen LogP contribution < -0.4 is 21.3 Å². The number of nitrogens with zero attached hydrogens (tertiary/aromatic N) is 2. The van der Waals surface area contributed by atoms with Crippen molar-refractivity contribution in [3.8, 4) is 0 Å². The van der Waals surface area contributed by atoms with E-state index in [1.165, 1.54) is 11.6 Å². The van der Waals surface area contributed by atoms with Gasteiger partial charge in [0.05, 0.1) is 16.6 Å². The maximum Gasteiger partial charge on any atom is 0.405 e. The fourth-order valence-electron chi connectivity index (χ4n) is 6.55. The van der Waals surface area contributed by atoms with Crippen LogP contribution in [-0.2, 0) is 17.1 Å². The minimum atomic E-state index is -4.53. The van der Waals surface area contributed by atoms with Gasteiger partial charge >= 0.3 is 11.9 Å². The van der Waals surface area contributed by atoms with Gasteiger partial charge in [0.1, 0.15) is 29.6 Å². The Morgan fingerprint density at radius 2 is 1.57 bits per heavy atom. The zero-order valence-electron chi connectivity index (χ0n) is 22.4. The summed E-state index contributed by atoms with van der Waals surface area (Å²) in [6.45, 7) is -0.938. The third-order valence-electron chi connectivity index (χ3n) is 8.99. The number of hydrazine groups is 1. The molecule has 1 aliphatic heterocycles. The van der Waals surface area contributed by atoms with Crippen molar-refractivity contribution in [2.24, 2.45) is 12.5 Å². The Morgan fingerprint density at radius 3 is 2.12 bits per heavy atom. The van der Waals surface area contributed by atoms with E-state index >= 15 is 4.39 Å². The number of halogens is 5. The largest absolute Gasteiger partial charge is 0.405 e. The van der Waals surface area contributed by atoms with Crippen LogP contribution in [0.3, 0.4) is 0 Å². The van der Waals surface area contributed by atoms with E-state index < -0.39 is 62.4 Å². The molecule has 1 aromatic carbocycles. The lowest BCUT2D eigenvalue weighted by molar-refractivity contribution is -0.204. The number of hydrogen-bond donors (Lipinski definition) is 3. The topological polar surface area (TPSA) is 97.2 Å². The molecule has 8 nitrogen and oxygen atoms in total. The van der Waals surface area contributed by atoms with Crippen molar-refractivity contribution in [3.63, 3.8) is 0 Å². The van der Waals surface area contributed by atoms with E-state index in [-0.39, 0.29) is 30.3 Å². The van der Waals surface area contributed by atoms with E-state index in [9.17, 15) is 30.8 Å². The van der Waals surface area contributed by atoms with Crippen LogP contribution in [0.4, 0.5) is 22.0 Å². The van der Waals surface area contributed by atoms with Crippen LogP contribution in [0.15, 0.2) is 21.8 Å². The van der Waals surface area contributed by atoms with Gasteiger partial charge in [-0.25, -0.2) is 37.6 Å². The molecule has 2 atom stereocenters. The zero-order chi connectivity index (χ0) is 28.9. The first-order chi connectivity index (χ1) is 18.8. The summed E-state index contributed by atoms with van der Waals surface area (Å²) in [5, 5.41) is 0. The number of sulfonamides is 1. The Morgan fingerprint density at radius 1 is 0.975 bits per heavy atom. The van der Waals surface area contributed by atoms with E-state index in [0.717, 1.165) is 48.8 Å². The molecule has 1 spiro atoms. The standard InChI is InChI=1S/C26H36F5N5O3S/c1-35-18-13-17(28)20(40(38,39)34-25(16-27)11-12-25)14-19(18)36(23(35)37)21-15-24(22(33-32-21)26(29,30)31)9-7-5-3-2-4-6-8-10-24/h13-14,21-22,32-34H,2-12,15-16H2,1H3.